The summed E-state index contributed by atoms with van der Waals surface area (Å²) in [6.45, 7) is 7.62. The lowest BCUT2D eigenvalue weighted by Gasteiger charge is -2.32. The fraction of sp³-hybridized carbons (Fsp3) is 0.447. The largest absolute Gasteiger partial charge is 0.478 e. The maximum Gasteiger partial charge on any atom is 0.470 e. The first-order chi connectivity index (χ1) is 34.4. The number of rotatable bonds is 19. The second-order valence-electron chi connectivity index (χ2n) is 18.1. The van der Waals surface area contributed by atoms with Gasteiger partial charge in [0.05, 0.1) is 18.2 Å². The maximum absolute atomic E-state index is 13.6. The Hall–Kier alpha value is -5.84. The standard InChI is InChI=1S/C47H57N9O14P2/c1-3-54-17-9-11-26-19-31-35(22-33(26)54)68-36-23-34-27(12-10-18-55(34)4-2)20-32(36)38(31)29-14-13-28(21-30(29)46(59)60)44(58)49-15-7-5-6-8-16-50-47-53-39-42(48)51-25-52-43(39)56(47)45-40(57)41(70-72(64,65)66)37(69-45)24-67-71(61,62)63/h13-14,19-23,25,37,40-41,45,48-49,57H,3-12,15-18,24H2,1-2H3,(H6,58,59,60,61,62,63,64,65,66)/p+1/t37-,40-,41-,45-/m1/s1. The van der Waals surface area contributed by atoms with Crippen LogP contribution in [0.25, 0.3) is 16.7 Å². The molecular formula is C47H58N9O14P2+. The van der Waals surface area contributed by atoms with E-state index in [1.54, 1.807) is 12.1 Å². The van der Waals surface area contributed by atoms with E-state index in [2.05, 4.69) is 77.7 Å². The molecular weight excluding hydrogens is 977 g/mol. The molecule has 1 saturated heterocycles. The van der Waals surface area contributed by atoms with Crippen molar-refractivity contribution in [1.29, 1.82) is 0 Å². The highest BCUT2D eigenvalue weighted by Crippen LogP contribution is 2.47. The SMILES string of the molecule is CCN1CCCc2cc3c(cc21)Oc1cc2c(cc1=C3c1ccc(C(=O)NCCCCCCNc3nc4c(N)ncnc4n3[C@@H]3O[C@H](COP(=O)(O)O)[C@@H](OP(=O)(O)O)[C@H]3O)cc1C(=O)O)CCC[N+]=2CC. The number of aryl methyl sites for hydroxylation is 2. The molecule has 72 heavy (non-hydrogen) atoms. The number of nitrogens with one attached hydrogen (secondary N) is 2. The number of unbranched alkanes of at least 4 members (excludes halogenated alkanes) is 3. The zero-order valence-electron chi connectivity index (χ0n) is 39.6. The average molecular weight is 1030 g/mol. The molecule has 6 heterocycles. The number of carbonyl (C=O) groups excluding carboxylic acids is 1. The first-order valence-corrected chi connectivity index (χ1v) is 27.0. The van der Waals surface area contributed by atoms with Crippen LogP contribution in [0.2, 0.25) is 0 Å². The van der Waals surface area contributed by atoms with Crippen molar-refractivity contribution in [2.24, 2.45) is 0 Å². The molecule has 4 atom stereocenters. The molecule has 10 N–H and O–H groups in total. The van der Waals surface area contributed by atoms with Crippen molar-refractivity contribution in [3.05, 3.63) is 92.7 Å². The van der Waals surface area contributed by atoms with Gasteiger partial charge in [-0.1, -0.05) is 18.9 Å². The van der Waals surface area contributed by atoms with Crippen molar-refractivity contribution < 1.29 is 67.0 Å². The number of nitrogens with zero attached hydrogens (tertiary/aromatic N) is 6. The molecule has 384 valence electrons. The molecule has 0 unspecified atom stereocenters. The van der Waals surface area contributed by atoms with E-state index in [9.17, 15) is 48.5 Å². The van der Waals surface area contributed by atoms with Crippen molar-refractivity contribution in [2.45, 2.75) is 89.8 Å². The number of aliphatic hydroxyl groups excluding tert-OH is 1. The second-order valence-corrected chi connectivity index (χ2v) is 20.5. The number of ether oxygens (including phenoxy) is 2. The van der Waals surface area contributed by atoms with Gasteiger partial charge in [-0.2, -0.15) is 0 Å². The summed E-state index contributed by atoms with van der Waals surface area (Å²) in [7, 11) is -10.3. The fourth-order valence-corrected chi connectivity index (χ4v) is 11.1. The number of carbonyl (C=O) groups is 2. The normalized spacial score (nSPS) is 19.6. The predicted octanol–water partition coefficient (Wildman–Crippen LogP) is 2.94. The Labute approximate surface area is 412 Å². The van der Waals surface area contributed by atoms with Crippen LogP contribution in [0.4, 0.5) is 17.5 Å². The van der Waals surface area contributed by atoms with Gasteiger partial charge in [-0.15, -0.1) is 0 Å². The molecule has 0 saturated carbocycles. The minimum Gasteiger partial charge on any atom is -0.478 e. The Bertz CT molecular complexity index is 3160. The Balaban J connectivity index is 0.872. The Morgan fingerprint density at radius 2 is 1.71 bits per heavy atom. The summed E-state index contributed by atoms with van der Waals surface area (Å²) in [4.78, 5) is 79.3. The van der Waals surface area contributed by atoms with Crippen molar-refractivity contribution in [3.8, 4) is 11.5 Å². The quantitative estimate of drug-likeness (QED) is 0.0320. The molecule has 9 rings (SSSR count). The lowest BCUT2D eigenvalue weighted by Crippen LogP contribution is -2.39. The number of amides is 1. The molecule has 4 aliphatic heterocycles. The third kappa shape index (κ3) is 10.6. The minimum absolute atomic E-state index is 0.00467. The zero-order valence-corrected chi connectivity index (χ0v) is 41.4. The number of anilines is 3. The van der Waals surface area contributed by atoms with Gasteiger partial charge in [0.1, 0.15) is 49.2 Å². The lowest BCUT2D eigenvalue weighted by molar-refractivity contribution is -0.0492. The molecule has 5 aromatic rings. The molecule has 25 heteroatoms. The highest BCUT2D eigenvalue weighted by Gasteiger charge is 2.50. The first-order valence-electron chi connectivity index (χ1n) is 24.0. The number of imidazole rings is 1. The van der Waals surface area contributed by atoms with E-state index in [1.165, 1.54) is 21.8 Å². The number of hydrogen-bond donors (Lipinski definition) is 9. The topological polar surface area (TPSA) is 327 Å². The summed E-state index contributed by atoms with van der Waals surface area (Å²) in [5, 5.41) is 30.0. The van der Waals surface area contributed by atoms with E-state index in [4.69, 9.17) is 19.7 Å². The molecule has 0 bridgehead atoms. The lowest BCUT2D eigenvalue weighted by atomic mass is 9.86. The average Bonchev–Trinajstić information content (AvgIpc) is 3.86. The number of fused-ring (bicyclic) bond motifs is 5. The number of phosphoric ester groups is 2. The number of nitrogen functional groups attached to an aromatic ring is 1. The number of carboxylic acid groups (broad SMARTS) is 1. The van der Waals surface area contributed by atoms with Crippen LogP contribution in [0, 0.1) is 0 Å². The van der Waals surface area contributed by atoms with Crippen LogP contribution in [-0.2, 0) is 35.8 Å². The van der Waals surface area contributed by atoms with Crippen LogP contribution in [0.5, 0.6) is 11.5 Å². The molecule has 0 spiro atoms. The summed E-state index contributed by atoms with van der Waals surface area (Å²) >= 11 is 0. The van der Waals surface area contributed by atoms with Gasteiger partial charge in [-0.3, -0.25) is 18.4 Å². The molecule has 0 aliphatic carbocycles. The van der Waals surface area contributed by atoms with Crippen molar-refractivity contribution in [3.63, 3.8) is 0 Å². The van der Waals surface area contributed by atoms with E-state index < -0.39 is 58.7 Å². The number of phosphoric acid groups is 2. The van der Waals surface area contributed by atoms with Crippen LogP contribution in [0.3, 0.4) is 0 Å². The van der Waals surface area contributed by atoms with Crippen LogP contribution >= 0.6 is 15.6 Å². The monoisotopic (exact) mass is 1030 g/mol. The molecule has 2 aromatic heterocycles. The van der Waals surface area contributed by atoms with Crippen LogP contribution < -0.4 is 41.2 Å². The number of carboxylic acids is 1. The van der Waals surface area contributed by atoms with Gasteiger partial charge in [-0.05, 0) is 81.3 Å². The maximum atomic E-state index is 13.6. The molecule has 1 fully saturated rings. The number of benzene rings is 3. The Morgan fingerprint density at radius 3 is 2.44 bits per heavy atom. The van der Waals surface area contributed by atoms with Crippen LogP contribution in [0.1, 0.15) is 102 Å². The van der Waals surface area contributed by atoms with E-state index in [1.807, 2.05) is 0 Å². The summed E-state index contributed by atoms with van der Waals surface area (Å²) in [6.07, 6.45) is 0.849. The number of aliphatic hydroxyl groups is 1. The van der Waals surface area contributed by atoms with E-state index in [0.717, 1.165) is 85.6 Å². The van der Waals surface area contributed by atoms with Crippen molar-refractivity contribution in [2.75, 3.05) is 61.8 Å². The summed E-state index contributed by atoms with van der Waals surface area (Å²) in [5.74, 6) is -0.172. The molecule has 23 nitrogen and oxygen atoms in total. The zero-order chi connectivity index (χ0) is 51.1. The number of nitrogens with two attached hydrogens (primary N) is 1. The van der Waals surface area contributed by atoms with Gasteiger partial charge in [-0.25, -0.2) is 33.5 Å². The molecule has 4 aliphatic rings. The Morgan fingerprint density at radius 1 is 0.931 bits per heavy atom. The van der Waals surface area contributed by atoms with Gasteiger partial charge in [0.25, 0.3) is 5.91 Å². The van der Waals surface area contributed by atoms with Gasteiger partial charge in [0, 0.05) is 71.8 Å². The summed E-state index contributed by atoms with van der Waals surface area (Å²) < 4.78 is 48.7. The van der Waals surface area contributed by atoms with E-state index in [0.29, 0.717) is 55.8 Å². The third-order valence-electron chi connectivity index (χ3n) is 13.5. The van der Waals surface area contributed by atoms with Gasteiger partial charge in [0.15, 0.2) is 23.2 Å². The predicted molar refractivity (Wildman–Crippen MR) is 262 cm³/mol. The van der Waals surface area contributed by atoms with Gasteiger partial charge >= 0.3 is 21.6 Å². The molecule has 1 amide bonds. The van der Waals surface area contributed by atoms with Gasteiger partial charge in [0.2, 0.25) is 11.3 Å². The van der Waals surface area contributed by atoms with E-state index >= 15 is 0 Å². The number of aromatic nitrogens is 4. The van der Waals surface area contributed by atoms with Crippen molar-refractivity contribution >= 4 is 61.7 Å². The highest BCUT2D eigenvalue weighted by molar-refractivity contribution is 7.46. The summed E-state index contributed by atoms with van der Waals surface area (Å²) in [5.41, 5.74) is 12.1. The number of aromatic carboxylic acids is 1. The van der Waals surface area contributed by atoms with Crippen molar-refractivity contribution in [1.82, 2.24) is 29.4 Å². The molecule has 3 aromatic carbocycles. The number of hydrogen-bond acceptors (Lipinski definition) is 15. The first kappa shape index (κ1) is 51.1. The van der Waals surface area contributed by atoms with Gasteiger partial charge < -0.3 is 60.5 Å². The van der Waals surface area contributed by atoms with E-state index in [-0.39, 0.29) is 34.1 Å². The van der Waals surface area contributed by atoms with Crippen LogP contribution in [-0.4, -0.2) is 125 Å². The second kappa shape index (κ2) is 20.9. The molecule has 0 radical (unpaired) electrons. The van der Waals surface area contributed by atoms with Crippen LogP contribution in [0.15, 0.2) is 48.8 Å². The highest BCUT2D eigenvalue weighted by atomic mass is 31.2. The Kier molecular flexibility index (Phi) is 14.9. The summed E-state index contributed by atoms with van der Waals surface area (Å²) in [6, 6.07) is 13.3. The smallest absolute Gasteiger partial charge is 0.470 e. The fourth-order valence-electron chi connectivity index (χ4n) is 10.2. The minimum atomic E-state index is -5.25. The third-order valence-corrected chi connectivity index (χ3v) is 14.5.